The van der Waals surface area contributed by atoms with Crippen LogP contribution in [0.25, 0.3) is 10.9 Å². The van der Waals surface area contributed by atoms with Crippen molar-refractivity contribution in [1.29, 1.82) is 0 Å². The van der Waals surface area contributed by atoms with E-state index in [4.69, 9.17) is 10.5 Å². The molecule has 3 aromatic rings. The second kappa shape index (κ2) is 5.45. The topological polar surface area (TPSA) is 51.0 Å². The highest BCUT2D eigenvalue weighted by molar-refractivity contribution is 5.85. The van der Waals surface area contributed by atoms with Crippen LogP contribution in [0.2, 0.25) is 0 Å². The number of para-hydroxylation sites is 1. The first-order valence-corrected chi connectivity index (χ1v) is 9.29. The molecule has 0 atom stereocenters. The van der Waals surface area contributed by atoms with E-state index in [0.29, 0.717) is 0 Å². The Labute approximate surface area is 148 Å². The third kappa shape index (κ3) is 2.26. The Morgan fingerprint density at radius 1 is 0.880 bits per heavy atom. The maximum absolute atomic E-state index is 6.80. The van der Waals surface area contributed by atoms with Crippen molar-refractivity contribution in [2.75, 3.05) is 6.61 Å². The number of benzene rings is 2. The summed E-state index contributed by atoms with van der Waals surface area (Å²) in [6.07, 6.45) is 4.83. The van der Waals surface area contributed by atoms with Gasteiger partial charge in [-0.25, -0.2) is 0 Å². The minimum Gasteiger partial charge on any atom is -0.368 e. The number of rotatable bonds is 1. The lowest BCUT2D eigenvalue weighted by atomic mass is 9.69. The van der Waals surface area contributed by atoms with E-state index in [0.717, 1.165) is 38.7 Å². The van der Waals surface area contributed by atoms with Crippen LogP contribution in [0.15, 0.2) is 54.6 Å². The normalized spacial score (nSPS) is 29.0. The summed E-state index contributed by atoms with van der Waals surface area (Å²) in [4.78, 5) is 3.68. The molecule has 0 radical (unpaired) electrons. The number of aromatic nitrogens is 1. The summed E-state index contributed by atoms with van der Waals surface area (Å²) in [5.41, 5.74) is 11.6. The second-order valence-electron chi connectivity index (χ2n) is 7.64. The van der Waals surface area contributed by atoms with Gasteiger partial charge in [-0.1, -0.05) is 48.5 Å². The minimum atomic E-state index is -0.237. The number of hydrogen-bond donors (Lipinski definition) is 2. The summed E-state index contributed by atoms with van der Waals surface area (Å²) in [6.45, 7) is 0.803. The van der Waals surface area contributed by atoms with Gasteiger partial charge in [-0.3, -0.25) is 0 Å². The molecule has 3 N–H and O–H groups in total. The van der Waals surface area contributed by atoms with Crippen molar-refractivity contribution in [2.24, 2.45) is 5.73 Å². The van der Waals surface area contributed by atoms with E-state index in [1.54, 1.807) is 0 Å². The van der Waals surface area contributed by atoms with Crippen molar-refractivity contribution < 1.29 is 4.74 Å². The van der Waals surface area contributed by atoms with Gasteiger partial charge in [0.15, 0.2) is 0 Å². The highest BCUT2D eigenvalue weighted by Crippen LogP contribution is 2.49. The van der Waals surface area contributed by atoms with Gasteiger partial charge in [0.1, 0.15) is 5.60 Å². The van der Waals surface area contributed by atoms with E-state index in [2.05, 4.69) is 59.6 Å². The quantitative estimate of drug-likeness (QED) is 0.695. The molecule has 2 heterocycles. The van der Waals surface area contributed by atoms with Crippen LogP contribution in [0.5, 0.6) is 0 Å². The van der Waals surface area contributed by atoms with Gasteiger partial charge in [-0.15, -0.1) is 0 Å². The van der Waals surface area contributed by atoms with E-state index in [1.165, 1.54) is 27.7 Å². The molecule has 3 nitrogen and oxygen atoms in total. The Balaban J connectivity index is 1.51. The molecule has 1 fully saturated rings. The van der Waals surface area contributed by atoms with E-state index in [-0.39, 0.29) is 11.1 Å². The number of nitrogens with two attached hydrogens (primary N) is 1. The zero-order chi connectivity index (χ0) is 16.9. The van der Waals surface area contributed by atoms with Crippen LogP contribution in [-0.4, -0.2) is 11.6 Å². The second-order valence-corrected chi connectivity index (χ2v) is 7.64. The third-order valence-corrected chi connectivity index (χ3v) is 6.30. The Bertz CT molecular complexity index is 904. The van der Waals surface area contributed by atoms with Crippen LogP contribution in [-0.2, 0) is 22.3 Å². The molecule has 2 aromatic carbocycles. The summed E-state index contributed by atoms with van der Waals surface area (Å²) < 4.78 is 6.40. The first-order valence-electron chi connectivity index (χ1n) is 9.29. The minimum absolute atomic E-state index is 0.190. The predicted molar refractivity (Wildman–Crippen MR) is 100 cm³/mol. The van der Waals surface area contributed by atoms with E-state index in [9.17, 15) is 0 Å². The van der Waals surface area contributed by atoms with Gasteiger partial charge in [-0.2, -0.15) is 0 Å². The molecule has 3 heteroatoms. The molecule has 1 saturated carbocycles. The molecule has 1 aromatic heterocycles. The van der Waals surface area contributed by atoms with Crippen LogP contribution in [0.1, 0.15) is 42.5 Å². The Morgan fingerprint density at radius 2 is 1.60 bits per heavy atom. The molecule has 0 saturated heterocycles. The zero-order valence-corrected chi connectivity index (χ0v) is 14.4. The van der Waals surface area contributed by atoms with Gasteiger partial charge in [-0.05, 0) is 49.3 Å². The lowest BCUT2D eigenvalue weighted by Gasteiger charge is -2.46. The fourth-order valence-electron chi connectivity index (χ4n) is 4.82. The molecule has 25 heavy (non-hydrogen) atoms. The van der Waals surface area contributed by atoms with Crippen molar-refractivity contribution >= 4 is 10.9 Å². The van der Waals surface area contributed by atoms with Gasteiger partial charge in [0.25, 0.3) is 0 Å². The molecule has 0 bridgehead atoms. The molecule has 128 valence electrons. The Hall–Kier alpha value is -2.10. The number of ether oxygens (including phenoxy) is 1. The molecular weight excluding hydrogens is 308 g/mol. The standard InChI is InChI=1S/C22H24N2O/c23-21(16-6-2-1-3-7-16)11-13-22(14-12-21)20-18(10-15-25-22)17-8-4-5-9-19(17)24-20/h1-9,24H,10-15,23H2. The van der Waals surface area contributed by atoms with Crippen molar-refractivity contribution in [3.8, 4) is 0 Å². The van der Waals surface area contributed by atoms with Gasteiger partial charge in [0.05, 0.1) is 12.3 Å². The van der Waals surface area contributed by atoms with Crippen LogP contribution in [0.4, 0.5) is 0 Å². The molecule has 2 aliphatic rings. The molecule has 0 amide bonds. The maximum Gasteiger partial charge on any atom is 0.108 e. The lowest BCUT2D eigenvalue weighted by Crippen LogP contribution is -2.48. The van der Waals surface area contributed by atoms with Gasteiger partial charge < -0.3 is 15.5 Å². The monoisotopic (exact) mass is 332 g/mol. The third-order valence-electron chi connectivity index (χ3n) is 6.30. The summed E-state index contributed by atoms with van der Waals surface area (Å²) in [6, 6.07) is 19.2. The van der Waals surface area contributed by atoms with Crippen molar-refractivity contribution in [1.82, 2.24) is 4.98 Å². The predicted octanol–water partition coefficient (Wildman–Crippen LogP) is 4.36. The lowest BCUT2D eigenvalue weighted by molar-refractivity contribution is -0.0984. The Kier molecular flexibility index (Phi) is 3.31. The Morgan fingerprint density at radius 3 is 2.40 bits per heavy atom. The summed E-state index contributed by atoms with van der Waals surface area (Å²) in [5.74, 6) is 0. The molecule has 1 aliphatic carbocycles. The van der Waals surface area contributed by atoms with Crippen molar-refractivity contribution in [2.45, 2.75) is 43.2 Å². The highest BCUT2D eigenvalue weighted by atomic mass is 16.5. The largest absolute Gasteiger partial charge is 0.368 e. The summed E-state index contributed by atoms with van der Waals surface area (Å²) in [5, 5.41) is 1.35. The van der Waals surface area contributed by atoms with E-state index in [1.807, 2.05) is 0 Å². The van der Waals surface area contributed by atoms with Crippen LogP contribution in [0.3, 0.4) is 0 Å². The molecular formula is C22H24N2O. The number of nitrogens with one attached hydrogen (secondary N) is 1. The van der Waals surface area contributed by atoms with Gasteiger partial charge in [0.2, 0.25) is 0 Å². The van der Waals surface area contributed by atoms with Gasteiger partial charge >= 0.3 is 0 Å². The number of aromatic amines is 1. The van der Waals surface area contributed by atoms with Gasteiger partial charge in [0, 0.05) is 16.4 Å². The first kappa shape index (κ1) is 15.2. The van der Waals surface area contributed by atoms with Crippen LogP contribution in [0, 0.1) is 0 Å². The SMILES string of the molecule is NC1(c2ccccc2)CCC2(CC1)OCCc1c2[nH]c2ccccc12. The van der Waals surface area contributed by atoms with Crippen LogP contribution >= 0.6 is 0 Å². The molecule has 1 spiro atoms. The van der Waals surface area contributed by atoms with E-state index >= 15 is 0 Å². The molecule has 5 rings (SSSR count). The van der Waals surface area contributed by atoms with Crippen molar-refractivity contribution in [3.63, 3.8) is 0 Å². The molecule has 1 aliphatic heterocycles. The van der Waals surface area contributed by atoms with E-state index < -0.39 is 0 Å². The number of hydrogen-bond acceptors (Lipinski definition) is 2. The average molecular weight is 332 g/mol. The summed E-state index contributed by atoms with van der Waals surface area (Å²) in [7, 11) is 0. The fourth-order valence-corrected chi connectivity index (χ4v) is 4.82. The first-order chi connectivity index (χ1) is 12.2. The van der Waals surface area contributed by atoms with Crippen LogP contribution < -0.4 is 5.73 Å². The highest BCUT2D eigenvalue weighted by Gasteiger charge is 2.46. The summed E-state index contributed by atoms with van der Waals surface area (Å²) >= 11 is 0. The average Bonchev–Trinajstić information content (AvgIpc) is 3.06. The maximum atomic E-state index is 6.80. The molecule has 0 unspecified atom stereocenters. The van der Waals surface area contributed by atoms with Crippen molar-refractivity contribution in [3.05, 3.63) is 71.4 Å². The fraction of sp³-hybridized carbons (Fsp3) is 0.364. The smallest absolute Gasteiger partial charge is 0.108 e. The number of H-pyrrole nitrogens is 1. The number of fused-ring (bicyclic) bond motifs is 4. The zero-order valence-electron chi connectivity index (χ0n) is 14.4.